The molecule has 0 saturated heterocycles. The van der Waals surface area contributed by atoms with Crippen LogP contribution in [0, 0.1) is 0 Å². The van der Waals surface area contributed by atoms with Gasteiger partial charge >= 0.3 is 0 Å². The maximum absolute atomic E-state index is 12.1. The lowest BCUT2D eigenvalue weighted by Crippen LogP contribution is -2.11. The lowest BCUT2D eigenvalue weighted by molar-refractivity contribution is -0.115. The van der Waals surface area contributed by atoms with Crippen LogP contribution in [0.3, 0.4) is 0 Å². The smallest absolute Gasteiger partial charge is 0.227 e. The summed E-state index contributed by atoms with van der Waals surface area (Å²) in [4.78, 5) is 13.2. The van der Waals surface area contributed by atoms with Gasteiger partial charge in [0, 0.05) is 28.5 Å². The van der Waals surface area contributed by atoms with Gasteiger partial charge in [0.15, 0.2) is 0 Å². The summed E-state index contributed by atoms with van der Waals surface area (Å²) in [7, 11) is 0. The number of thioether (sulfide) groups is 1. The molecule has 4 nitrogen and oxygen atoms in total. The van der Waals surface area contributed by atoms with Crippen LogP contribution in [-0.2, 0) is 11.2 Å². The Morgan fingerprint density at radius 3 is 2.63 bits per heavy atom. The van der Waals surface area contributed by atoms with Crippen LogP contribution >= 0.6 is 34.7 Å². The number of hydrogen-bond acceptors (Lipinski definition) is 5. The van der Waals surface area contributed by atoms with Gasteiger partial charge in [0.2, 0.25) is 11.0 Å². The summed E-state index contributed by atoms with van der Waals surface area (Å²) in [5, 5.41) is 13.3. The standard InChI is InChI=1S/C20H20ClN3OS2/c1-14(15-5-3-2-4-6-15)13-19-23-24-20(27-19)22-18(25)11-12-26-17-9-7-16(21)8-10-17/h2-10,14H,11-13H2,1H3,(H,22,24,25). The first-order valence-corrected chi connectivity index (χ1v) is 10.8. The van der Waals surface area contributed by atoms with E-state index >= 15 is 0 Å². The van der Waals surface area contributed by atoms with Crippen molar-refractivity contribution in [3.63, 3.8) is 0 Å². The van der Waals surface area contributed by atoms with Crippen molar-refractivity contribution in [2.24, 2.45) is 0 Å². The van der Waals surface area contributed by atoms with Gasteiger partial charge in [-0.25, -0.2) is 0 Å². The summed E-state index contributed by atoms with van der Waals surface area (Å²) in [6.07, 6.45) is 1.23. The molecular formula is C20H20ClN3OS2. The van der Waals surface area contributed by atoms with Crippen LogP contribution < -0.4 is 5.32 Å². The van der Waals surface area contributed by atoms with Crippen molar-refractivity contribution in [2.45, 2.75) is 30.6 Å². The van der Waals surface area contributed by atoms with Crippen LogP contribution in [0.25, 0.3) is 0 Å². The SMILES string of the molecule is CC(Cc1nnc(NC(=O)CCSc2ccc(Cl)cc2)s1)c1ccccc1. The number of benzene rings is 2. The molecule has 0 saturated carbocycles. The van der Waals surface area contributed by atoms with Crippen molar-refractivity contribution in [1.82, 2.24) is 10.2 Å². The number of anilines is 1. The van der Waals surface area contributed by atoms with Gasteiger partial charge in [-0.15, -0.1) is 22.0 Å². The molecule has 3 rings (SSSR count). The van der Waals surface area contributed by atoms with Crippen LogP contribution in [-0.4, -0.2) is 21.9 Å². The Balaban J connectivity index is 1.44. The molecule has 0 spiro atoms. The molecule has 140 valence electrons. The van der Waals surface area contributed by atoms with Crippen molar-refractivity contribution in [3.8, 4) is 0 Å². The largest absolute Gasteiger partial charge is 0.301 e. The molecule has 1 atom stereocenters. The highest BCUT2D eigenvalue weighted by Crippen LogP contribution is 2.25. The Morgan fingerprint density at radius 1 is 1.15 bits per heavy atom. The monoisotopic (exact) mass is 417 g/mol. The highest BCUT2D eigenvalue weighted by atomic mass is 35.5. The molecule has 0 fully saturated rings. The number of hydrogen-bond donors (Lipinski definition) is 1. The molecule has 0 aliphatic heterocycles. The van der Waals surface area contributed by atoms with Gasteiger partial charge in [0.05, 0.1) is 0 Å². The molecule has 3 aromatic rings. The minimum absolute atomic E-state index is 0.0460. The first-order valence-electron chi connectivity index (χ1n) is 8.65. The second-order valence-electron chi connectivity index (χ2n) is 6.12. The van der Waals surface area contributed by atoms with E-state index in [9.17, 15) is 4.79 Å². The van der Waals surface area contributed by atoms with Crippen LogP contribution in [0.1, 0.15) is 29.8 Å². The Labute approximate surface area is 172 Å². The van der Waals surface area contributed by atoms with E-state index in [2.05, 4.69) is 34.6 Å². The minimum atomic E-state index is -0.0460. The van der Waals surface area contributed by atoms with Gasteiger partial charge in [-0.2, -0.15) is 0 Å². The predicted octanol–water partition coefficient (Wildman–Crippen LogP) is 5.66. The van der Waals surface area contributed by atoms with Crippen LogP contribution in [0.4, 0.5) is 5.13 Å². The number of aromatic nitrogens is 2. The van der Waals surface area contributed by atoms with E-state index in [1.54, 1.807) is 11.8 Å². The molecule has 1 heterocycles. The van der Waals surface area contributed by atoms with Crippen LogP contribution in [0.15, 0.2) is 59.5 Å². The van der Waals surface area contributed by atoms with E-state index in [4.69, 9.17) is 11.6 Å². The first kappa shape index (κ1) is 19.9. The number of halogens is 1. The number of carbonyl (C=O) groups is 1. The number of nitrogens with one attached hydrogen (secondary N) is 1. The van der Waals surface area contributed by atoms with Gasteiger partial charge < -0.3 is 5.32 Å². The van der Waals surface area contributed by atoms with E-state index in [0.717, 1.165) is 16.3 Å². The van der Waals surface area contributed by atoms with Gasteiger partial charge in [0.1, 0.15) is 5.01 Å². The van der Waals surface area contributed by atoms with Gasteiger partial charge in [0.25, 0.3) is 0 Å². The van der Waals surface area contributed by atoms with E-state index in [1.165, 1.54) is 16.9 Å². The summed E-state index contributed by atoms with van der Waals surface area (Å²) in [5.41, 5.74) is 1.28. The number of nitrogens with zero attached hydrogens (tertiary/aromatic N) is 2. The molecular weight excluding hydrogens is 398 g/mol. The second kappa shape index (κ2) is 9.88. The first-order chi connectivity index (χ1) is 13.1. The zero-order valence-corrected chi connectivity index (χ0v) is 17.3. The van der Waals surface area contributed by atoms with Crippen molar-refractivity contribution in [2.75, 3.05) is 11.1 Å². The molecule has 0 bridgehead atoms. The van der Waals surface area contributed by atoms with Gasteiger partial charge in [-0.1, -0.05) is 60.2 Å². The third-order valence-corrected chi connectivity index (χ3v) is 6.10. The van der Waals surface area contributed by atoms with Crippen molar-refractivity contribution in [3.05, 3.63) is 70.2 Å². The lowest BCUT2D eigenvalue weighted by atomic mass is 9.98. The maximum atomic E-state index is 12.1. The molecule has 2 aromatic carbocycles. The number of carbonyl (C=O) groups excluding carboxylic acids is 1. The van der Waals surface area contributed by atoms with Crippen LogP contribution in [0.2, 0.25) is 5.02 Å². The summed E-state index contributed by atoms with van der Waals surface area (Å²) in [5.74, 6) is 1.01. The van der Waals surface area contributed by atoms with Gasteiger partial charge in [-0.05, 0) is 35.7 Å². The minimum Gasteiger partial charge on any atom is -0.301 e. The summed E-state index contributed by atoms with van der Waals surface area (Å²) in [6, 6.07) is 17.9. The highest BCUT2D eigenvalue weighted by Gasteiger charge is 2.12. The molecule has 0 radical (unpaired) electrons. The third kappa shape index (κ3) is 6.34. The second-order valence-corrected chi connectivity index (χ2v) is 8.78. The molecule has 27 heavy (non-hydrogen) atoms. The number of rotatable bonds is 8. The Kier molecular flexibility index (Phi) is 7.26. The number of amides is 1. The molecule has 1 amide bonds. The quantitative estimate of drug-likeness (QED) is 0.480. The summed E-state index contributed by atoms with van der Waals surface area (Å²) < 4.78 is 0. The van der Waals surface area contributed by atoms with E-state index < -0.39 is 0 Å². The molecule has 1 unspecified atom stereocenters. The predicted molar refractivity (Wildman–Crippen MR) is 114 cm³/mol. The van der Waals surface area contributed by atoms with Crippen molar-refractivity contribution < 1.29 is 4.79 Å². The Morgan fingerprint density at radius 2 is 1.89 bits per heavy atom. The summed E-state index contributed by atoms with van der Waals surface area (Å²) in [6.45, 7) is 2.17. The fourth-order valence-electron chi connectivity index (χ4n) is 2.52. The third-order valence-electron chi connectivity index (χ3n) is 3.97. The zero-order chi connectivity index (χ0) is 19.1. The molecule has 1 N–H and O–H groups in total. The molecule has 1 aromatic heterocycles. The maximum Gasteiger partial charge on any atom is 0.227 e. The van der Waals surface area contributed by atoms with E-state index in [0.29, 0.717) is 28.2 Å². The zero-order valence-electron chi connectivity index (χ0n) is 14.9. The van der Waals surface area contributed by atoms with E-state index in [-0.39, 0.29) is 5.91 Å². The van der Waals surface area contributed by atoms with Gasteiger partial charge in [-0.3, -0.25) is 4.79 Å². The Bertz CT molecular complexity index is 868. The topological polar surface area (TPSA) is 54.9 Å². The normalized spacial score (nSPS) is 11.9. The Hall–Kier alpha value is -1.89. The highest BCUT2D eigenvalue weighted by molar-refractivity contribution is 7.99. The molecule has 0 aliphatic rings. The van der Waals surface area contributed by atoms with Crippen LogP contribution in [0.5, 0.6) is 0 Å². The lowest BCUT2D eigenvalue weighted by Gasteiger charge is -2.08. The fraction of sp³-hybridized carbons (Fsp3) is 0.250. The average Bonchev–Trinajstić information content (AvgIpc) is 3.10. The average molecular weight is 418 g/mol. The van der Waals surface area contributed by atoms with E-state index in [1.807, 2.05) is 42.5 Å². The van der Waals surface area contributed by atoms with Crippen molar-refractivity contribution >= 4 is 45.7 Å². The van der Waals surface area contributed by atoms with Crippen molar-refractivity contribution in [1.29, 1.82) is 0 Å². The summed E-state index contributed by atoms with van der Waals surface area (Å²) >= 11 is 8.94. The fourth-order valence-corrected chi connectivity index (χ4v) is 4.38. The molecule has 0 aliphatic carbocycles. The molecule has 7 heteroatoms.